The average Bonchev–Trinajstić information content (AvgIpc) is 3.08. The average molecular weight is 461 g/mol. The monoisotopic (exact) mass is 460 g/mol. The van der Waals surface area contributed by atoms with E-state index in [1.807, 2.05) is 73.1 Å². The number of anilines is 1. The SMILES string of the molecule is Cc1c(C(=O)Nc2ccc(S(C)(=O)=O)cc2)cn(C)c1-c1ccccc1Oc1ccccc1. The number of aryl methyl sites for hydroxylation is 1. The van der Waals surface area contributed by atoms with Gasteiger partial charge in [-0.25, -0.2) is 8.42 Å². The topological polar surface area (TPSA) is 77.4 Å². The molecular formula is C26H24N2O4S. The molecule has 0 aliphatic rings. The van der Waals surface area contributed by atoms with Crippen molar-refractivity contribution < 1.29 is 17.9 Å². The molecule has 0 aliphatic carbocycles. The first-order valence-corrected chi connectivity index (χ1v) is 12.2. The van der Waals surface area contributed by atoms with E-state index >= 15 is 0 Å². The molecule has 3 aromatic carbocycles. The predicted molar refractivity (Wildman–Crippen MR) is 130 cm³/mol. The minimum Gasteiger partial charge on any atom is -0.457 e. The normalized spacial score (nSPS) is 11.2. The number of para-hydroxylation sites is 2. The Kier molecular flexibility index (Phi) is 6.07. The Balaban J connectivity index is 1.63. The van der Waals surface area contributed by atoms with Crippen LogP contribution in [-0.4, -0.2) is 25.1 Å². The first-order valence-electron chi connectivity index (χ1n) is 10.3. The van der Waals surface area contributed by atoms with Gasteiger partial charge in [0.15, 0.2) is 9.84 Å². The van der Waals surface area contributed by atoms with Crippen LogP contribution in [0.2, 0.25) is 0 Å². The van der Waals surface area contributed by atoms with Gasteiger partial charge in [0.1, 0.15) is 11.5 Å². The van der Waals surface area contributed by atoms with E-state index in [0.717, 1.165) is 28.8 Å². The van der Waals surface area contributed by atoms with Crippen LogP contribution in [-0.2, 0) is 16.9 Å². The molecule has 0 saturated heterocycles. The van der Waals surface area contributed by atoms with E-state index in [1.165, 1.54) is 12.1 Å². The van der Waals surface area contributed by atoms with Crippen molar-refractivity contribution in [3.63, 3.8) is 0 Å². The van der Waals surface area contributed by atoms with E-state index in [4.69, 9.17) is 4.74 Å². The van der Waals surface area contributed by atoms with Crippen LogP contribution in [0.5, 0.6) is 11.5 Å². The van der Waals surface area contributed by atoms with E-state index in [1.54, 1.807) is 18.3 Å². The Bertz CT molecular complexity index is 1410. The van der Waals surface area contributed by atoms with E-state index < -0.39 is 9.84 Å². The number of hydrogen-bond donors (Lipinski definition) is 1. The van der Waals surface area contributed by atoms with Crippen molar-refractivity contribution in [1.29, 1.82) is 0 Å². The van der Waals surface area contributed by atoms with Crippen LogP contribution in [0.1, 0.15) is 15.9 Å². The van der Waals surface area contributed by atoms with Gasteiger partial charge in [-0.3, -0.25) is 4.79 Å². The number of nitrogens with zero attached hydrogens (tertiary/aromatic N) is 1. The molecule has 0 aliphatic heterocycles. The summed E-state index contributed by atoms with van der Waals surface area (Å²) >= 11 is 0. The highest BCUT2D eigenvalue weighted by Gasteiger charge is 2.20. The van der Waals surface area contributed by atoms with E-state index in [9.17, 15) is 13.2 Å². The molecule has 0 saturated carbocycles. The van der Waals surface area contributed by atoms with Gasteiger partial charge in [0.2, 0.25) is 0 Å². The fourth-order valence-corrected chi connectivity index (χ4v) is 4.35. The van der Waals surface area contributed by atoms with Gasteiger partial charge >= 0.3 is 0 Å². The highest BCUT2D eigenvalue weighted by atomic mass is 32.2. The van der Waals surface area contributed by atoms with E-state index in [-0.39, 0.29) is 10.8 Å². The number of carbonyl (C=O) groups is 1. The second kappa shape index (κ2) is 8.96. The molecule has 7 heteroatoms. The fraction of sp³-hybridized carbons (Fsp3) is 0.115. The summed E-state index contributed by atoms with van der Waals surface area (Å²) in [5, 5.41) is 2.85. The summed E-state index contributed by atoms with van der Waals surface area (Å²) in [5.41, 5.74) is 3.60. The lowest BCUT2D eigenvalue weighted by Gasteiger charge is -2.13. The van der Waals surface area contributed by atoms with Gasteiger partial charge in [-0.05, 0) is 61.0 Å². The Morgan fingerprint density at radius 2 is 1.55 bits per heavy atom. The summed E-state index contributed by atoms with van der Waals surface area (Å²) in [6.45, 7) is 1.90. The molecule has 4 rings (SSSR count). The Morgan fingerprint density at radius 1 is 0.909 bits per heavy atom. The number of carbonyl (C=O) groups excluding carboxylic acids is 1. The van der Waals surface area contributed by atoms with Gasteiger partial charge in [0, 0.05) is 30.8 Å². The number of benzene rings is 3. The van der Waals surface area contributed by atoms with Crippen LogP contribution in [0.4, 0.5) is 5.69 Å². The quantitative estimate of drug-likeness (QED) is 0.415. The van der Waals surface area contributed by atoms with Crippen LogP contribution in [0.3, 0.4) is 0 Å². The maximum absolute atomic E-state index is 13.0. The smallest absolute Gasteiger partial charge is 0.257 e. The van der Waals surface area contributed by atoms with Crippen LogP contribution in [0, 0.1) is 6.92 Å². The summed E-state index contributed by atoms with van der Waals surface area (Å²) in [6.07, 6.45) is 2.93. The number of rotatable bonds is 6. The molecule has 4 aromatic rings. The van der Waals surface area contributed by atoms with Crippen molar-refractivity contribution >= 4 is 21.4 Å². The molecule has 33 heavy (non-hydrogen) atoms. The number of amides is 1. The molecule has 0 fully saturated rings. The highest BCUT2D eigenvalue weighted by Crippen LogP contribution is 2.36. The van der Waals surface area contributed by atoms with E-state index in [0.29, 0.717) is 17.0 Å². The van der Waals surface area contributed by atoms with Crippen molar-refractivity contribution in [2.45, 2.75) is 11.8 Å². The summed E-state index contributed by atoms with van der Waals surface area (Å²) in [5.74, 6) is 1.14. The van der Waals surface area contributed by atoms with Crippen LogP contribution in [0.25, 0.3) is 11.3 Å². The Morgan fingerprint density at radius 3 is 2.21 bits per heavy atom. The van der Waals surface area contributed by atoms with Crippen LogP contribution in [0.15, 0.2) is 90.0 Å². The van der Waals surface area contributed by atoms with Gasteiger partial charge in [0.05, 0.1) is 16.2 Å². The fourth-order valence-electron chi connectivity index (χ4n) is 3.72. The number of aromatic nitrogens is 1. The number of hydrogen-bond acceptors (Lipinski definition) is 4. The molecule has 1 heterocycles. The third-order valence-corrected chi connectivity index (χ3v) is 6.46. The van der Waals surface area contributed by atoms with Gasteiger partial charge in [-0.15, -0.1) is 0 Å². The van der Waals surface area contributed by atoms with Gasteiger partial charge in [0.25, 0.3) is 5.91 Å². The van der Waals surface area contributed by atoms with Crippen molar-refractivity contribution in [3.8, 4) is 22.8 Å². The summed E-state index contributed by atoms with van der Waals surface area (Å²) in [4.78, 5) is 13.2. The zero-order valence-electron chi connectivity index (χ0n) is 18.6. The third kappa shape index (κ3) is 4.83. The molecule has 0 radical (unpaired) electrons. The highest BCUT2D eigenvalue weighted by molar-refractivity contribution is 7.90. The molecule has 1 N–H and O–H groups in total. The molecule has 1 amide bonds. The lowest BCUT2D eigenvalue weighted by atomic mass is 10.0. The third-order valence-electron chi connectivity index (χ3n) is 5.33. The molecule has 6 nitrogen and oxygen atoms in total. The molecule has 1 aromatic heterocycles. The zero-order chi connectivity index (χ0) is 23.6. The summed E-state index contributed by atoms with van der Waals surface area (Å²) in [7, 11) is -1.41. The van der Waals surface area contributed by atoms with Crippen molar-refractivity contribution in [1.82, 2.24) is 4.57 Å². The first-order chi connectivity index (χ1) is 15.7. The van der Waals surface area contributed by atoms with Gasteiger partial charge in [-0.1, -0.05) is 30.3 Å². The maximum atomic E-state index is 13.0. The van der Waals surface area contributed by atoms with Gasteiger partial charge in [-0.2, -0.15) is 0 Å². The molecular weight excluding hydrogens is 436 g/mol. The second-order valence-electron chi connectivity index (χ2n) is 7.79. The molecule has 168 valence electrons. The molecule has 0 atom stereocenters. The predicted octanol–water partition coefficient (Wildman–Crippen LogP) is 5.45. The van der Waals surface area contributed by atoms with Crippen LogP contribution >= 0.6 is 0 Å². The standard InChI is InChI=1S/C26H24N2O4S/c1-18-23(26(29)27-19-13-15-21(16-14-19)33(3,30)31)17-28(2)25(18)22-11-7-8-12-24(22)32-20-9-5-4-6-10-20/h4-17H,1-3H3,(H,27,29). The number of ether oxygens (including phenoxy) is 1. The lowest BCUT2D eigenvalue weighted by molar-refractivity contribution is 0.102. The van der Waals surface area contributed by atoms with Gasteiger partial charge < -0.3 is 14.6 Å². The van der Waals surface area contributed by atoms with Crippen LogP contribution < -0.4 is 10.1 Å². The number of nitrogens with one attached hydrogen (secondary N) is 1. The molecule has 0 spiro atoms. The first kappa shape index (κ1) is 22.4. The van der Waals surface area contributed by atoms with Crippen molar-refractivity contribution in [2.24, 2.45) is 7.05 Å². The number of sulfone groups is 1. The Labute approximate surface area is 193 Å². The summed E-state index contributed by atoms with van der Waals surface area (Å²) < 4.78 is 31.3. The molecule has 0 bridgehead atoms. The molecule has 0 unspecified atom stereocenters. The minimum atomic E-state index is -3.29. The minimum absolute atomic E-state index is 0.202. The zero-order valence-corrected chi connectivity index (χ0v) is 19.4. The Hall–Kier alpha value is -3.84. The summed E-state index contributed by atoms with van der Waals surface area (Å²) in [6, 6.07) is 23.4. The van der Waals surface area contributed by atoms with Crippen molar-refractivity contribution in [2.75, 3.05) is 11.6 Å². The maximum Gasteiger partial charge on any atom is 0.257 e. The lowest BCUT2D eigenvalue weighted by Crippen LogP contribution is -2.12. The second-order valence-corrected chi connectivity index (χ2v) is 9.80. The largest absolute Gasteiger partial charge is 0.457 e. The van der Waals surface area contributed by atoms with E-state index in [2.05, 4.69) is 5.32 Å². The van der Waals surface area contributed by atoms with Crippen molar-refractivity contribution in [3.05, 3.63) is 96.2 Å².